The summed E-state index contributed by atoms with van der Waals surface area (Å²) in [6, 6.07) is 7.56. The molecule has 0 bridgehead atoms. The summed E-state index contributed by atoms with van der Waals surface area (Å²) in [6.07, 6.45) is 6.32. The second-order valence-electron chi connectivity index (χ2n) is 9.22. The first kappa shape index (κ1) is 22.9. The second kappa shape index (κ2) is 8.75. The molecular weight excluding hydrogens is 473 g/mol. The van der Waals surface area contributed by atoms with Crippen molar-refractivity contribution in [3.05, 3.63) is 59.0 Å². The number of nitrogens with zero attached hydrogens (tertiary/aromatic N) is 3. The van der Waals surface area contributed by atoms with E-state index in [9.17, 15) is 4.79 Å². The Kier molecular flexibility index (Phi) is 5.90. The highest BCUT2D eigenvalue weighted by Gasteiger charge is 2.53. The van der Waals surface area contributed by atoms with E-state index >= 15 is 0 Å². The molecule has 2 fully saturated rings. The first-order chi connectivity index (χ1) is 16.4. The zero-order valence-corrected chi connectivity index (χ0v) is 20.6. The quantitative estimate of drug-likeness (QED) is 0.415. The van der Waals surface area contributed by atoms with Crippen molar-refractivity contribution in [2.45, 2.75) is 19.3 Å². The lowest BCUT2D eigenvalue weighted by Crippen LogP contribution is -2.63. The standard InChI is InChI=1S/C26H25Cl2N3O3/c1-4-22(32)31-13-26(14-31)10-15(11-26)7-21-29-12-17-8-16(5-6-18(17)30-21)23-24(27)19(33-2)9-20(34-3)25(23)28/h4-6,8-9,12,15H,1,7,10-11,13-14H2,2-3H3. The number of amides is 1. The highest BCUT2D eigenvalue weighted by Crippen LogP contribution is 2.52. The maximum absolute atomic E-state index is 11.7. The summed E-state index contributed by atoms with van der Waals surface area (Å²) in [5.41, 5.74) is 2.65. The topological polar surface area (TPSA) is 64.6 Å². The number of benzene rings is 2. The Balaban J connectivity index is 1.33. The molecule has 1 saturated heterocycles. The average Bonchev–Trinajstić information content (AvgIpc) is 2.79. The highest BCUT2D eigenvalue weighted by molar-refractivity contribution is 6.41. The summed E-state index contributed by atoms with van der Waals surface area (Å²) in [4.78, 5) is 23.0. The molecule has 8 heteroatoms. The highest BCUT2D eigenvalue weighted by atomic mass is 35.5. The minimum Gasteiger partial charge on any atom is -0.495 e. The number of likely N-dealkylation sites (tertiary alicyclic amines) is 1. The molecule has 2 aliphatic rings. The van der Waals surface area contributed by atoms with Gasteiger partial charge in [0.25, 0.3) is 0 Å². The summed E-state index contributed by atoms with van der Waals surface area (Å²) in [7, 11) is 3.11. The van der Waals surface area contributed by atoms with Crippen molar-refractivity contribution >= 4 is 40.0 Å². The van der Waals surface area contributed by atoms with Crippen LogP contribution >= 0.6 is 23.2 Å². The van der Waals surface area contributed by atoms with Gasteiger partial charge < -0.3 is 14.4 Å². The number of hydrogen-bond acceptors (Lipinski definition) is 5. The third-order valence-corrected chi connectivity index (χ3v) is 7.70. The van der Waals surface area contributed by atoms with Crippen LogP contribution in [-0.2, 0) is 11.2 Å². The molecule has 5 rings (SSSR count). The largest absolute Gasteiger partial charge is 0.495 e. The monoisotopic (exact) mass is 497 g/mol. The van der Waals surface area contributed by atoms with Crippen molar-refractivity contribution in [1.82, 2.24) is 14.9 Å². The van der Waals surface area contributed by atoms with Gasteiger partial charge in [-0.05, 0) is 42.5 Å². The van der Waals surface area contributed by atoms with E-state index in [0.29, 0.717) is 38.4 Å². The van der Waals surface area contributed by atoms with Crippen LogP contribution in [0.4, 0.5) is 0 Å². The van der Waals surface area contributed by atoms with Crippen LogP contribution in [0.1, 0.15) is 18.7 Å². The van der Waals surface area contributed by atoms with Crippen LogP contribution in [0, 0.1) is 11.3 Å². The van der Waals surface area contributed by atoms with E-state index in [0.717, 1.165) is 54.6 Å². The maximum Gasteiger partial charge on any atom is 0.245 e. The number of ether oxygens (including phenoxy) is 2. The van der Waals surface area contributed by atoms with Crippen molar-refractivity contribution in [2.24, 2.45) is 11.3 Å². The number of halogens is 2. The van der Waals surface area contributed by atoms with Gasteiger partial charge in [0.15, 0.2) is 0 Å². The van der Waals surface area contributed by atoms with E-state index in [-0.39, 0.29) is 5.91 Å². The van der Waals surface area contributed by atoms with Gasteiger partial charge in [-0.1, -0.05) is 35.8 Å². The lowest BCUT2D eigenvalue weighted by atomic mass is 9.57. The minimum absolute atomic E-state index is 0.0290. The average molecular weight is 498 g/mol. The fourth-order valence-electron chi connectivity index (χ4n) is 5.34. The number of carbonyl (C=O) groups excluding carboxylic acids is 1. The van der Waals surface area contributed by atoms with Gasteiger partial charge >= 0.3 is 0 Å². The van der Waals surface area contributed by atoms with Crippen molar-refractivity contribution in [3.63, 3.8) is 0 Å². The third kappa shape index (κ3) is 3.89. The van der Waals surface area contributed by atoms with Crippen molar-refractivity contribution in [3.8, 4) is 22.6 Å². The van der Waals surface area contributed by atoms with Crippen LogP contribution in [0.5, 0.6) is 11.5 Å². The molecule has 0 unspecified atom stereocenters. The maximum atomic E-state index is 11.7. The van der Waals surface area contributed by atoms with Crippen LogP contribution < -0.4 is 9.47 Å². The molecule has 3 aromatic rings. The first-order valence-electron chi connectivity index (χ1n) is 11.1. The van der Waals surface area contributed by atoms with Crippen LogP contribution in [0.3, 0.4) is 0 Å². The predicted molar refractivity (Wildman–Crippen MR) is 134 cm³/mol. The summed E-state index contributed by atoms with van der Waals surface area (Å²) in [5, 5.41) is 1.75. The summed E-state index contributed by atoms with van der Waals surface area (Å²) < 4.78 is 10.8. The Morgan fingerprint density at radius 2 is 1.85 bits per heavy atom. The number of rotatable bonds is 6. The Hall–Kier alpha value is -2.83. The number of fused-ring (bicyclic) bond motifs is 1. The van der Waals surface area contributed by atoms with Gasteiger partial charge in [0.05, 0.1) is 29.8 Å². The summed E-state index contributed by atoms with van der Waals surface area (Å²) in [6.45, 7) is 5.25. The Morgan fingerprint density at radius 3 is 2.47 bits per heavy atom. The van der Waals surface area contributed by atoms with E-state index in [4.69, 9.17) is 37.7 Å². The molecule has 0 N–H and O–H groups in total. The van der Waals surface area contributed by atoms with E-state index in [1.54, 1.807) is 20.3 Å². The van der Waals surface area contributed by atoms with Gasteiger partial charge in [-0.15, -0.1) is 0 Å². The van der Waals surface area contributed by atoms with Crippen LogP contribution in [-0.4, -0.2) is 48.1 Å². The van der Waals surface area contributed by atoms with Crippen LogP contribution in [0.25, 0.3) is 22.0 Å². The zero-order valence-electron chi connectivity index (χ0n) is 19.1. The number of aromatic nitrogens is 2. The molecule has 1 spiro atoms. The molecule has 1 amide bonds. The second-order valence-corrected chi connectivity index (χ2v) is 9.98. The summed E-state index contributed by atoms with van der Waals surface area (Å²) >= 11 is 13.2. The van der Waals surface area contributed by atoms with E-state index < -0.39 is 0 Å². The van der Waals surface area contributed by atoms with Crippen molar-refractivity contribution in [2.75, 3.05) is 27.3 Å². The molecule has 34 heavy (non-hydrogen) atoms. The Bertz CT molecular complexity index is 1270. The molecule has 0 atom stereocenters. The van der Waals surface area contributed by atoms with Gasteiger partial charge in [0.2, 0.25) is 5.91 Å². The number of methoxy groups -OCH3 is 2. The predicted octanol–water partition coefficient (Wildman–Crippen LogP) is 5.59. The SMILES string of the molecule is C=CC(=O)N1CC2(CC(Cc3ncc4cc(-c5c(Cl)c(OC)cc(OC)c5Cl)ccc4n3)C2)C1. The molecule has 1 aromatic heterocycles. The lowest BCUT2D eigenvalue weighted by Gasteiger charge is -2.59. The van der Waals surface area contributed by atoms with Gasteiger partial charge in [-0.25, -0.2) is 9.97 Å². The minimum atomic E-state index is 0.0290. The molecule has 6 nitrogen and oxygen atoms in total. The number of carbonyl (C=O) groups is 1. The van der Waals surface area contributed by atoms with Crippen LogP contribution in [0.15, 0.2) is 43.1 Å². The van der Waals surface area contributed by atoms with Crippen molar-refractivity contribution < 1.29 is 14.3 Å². The lowest BCUT2D eigenvalue weighted by molar-refractivity contribution is -0.149. The van der Waals surface area contributed by atoms with Gasteiger partial charge in [-0.3, -0.25) is 4.79 Å². The Labute approximate surface area is 208 Å². The van der Waals surface area contributed by atoms with E-state index in [2.05, 4.69) is 11.6 Å². The zero-order chi connectivity index (χ0) is 24.0. The van der Waals surface area contributed by atoms with Gasteiger partial charge in [-0.2, -0.15) is 0 Å². The number of hydrogen-bond donors (Lipinski definition) is 0. The molecule has 1 aliphatic carbocycles. The molecule has 2 heterocycles. The molecule has 176 valence electrons. The normalized spacial score (nSPS) is 16.8. The third-order valence-electron chi connectivity index (χ3n) is 6.95. The van der Waals surface area contributed by atoms with E-state index in [1.165, 1.54) is 6.08 Å². The first-order valence-corrected chi connectivity index (χ1v) is 11.9. The molecule has 1 aliphatic heterocycles. The van der Waals surface area contributed by atoms with Crippen LogP contribution in [0.2, 0.25) is 10.0 Å². The Morgan fingerprint density at radius 1 is 1.18 bits per heavy atom. The molecular formula is C26H25Cl2N3O3. The van der Waals surface area contributed by atoms with E-state index in [1.807, 2.05) is 29.3 Å². The molecule has 1 saturated carbocycles. The summed E-state index contributed by atoms with van der Waals surface area (Å²) in [5.74, 6) is 2.41. The van der Waals surface area contributed by atoms with Gasteiger partial charge in [0, 0.05) is 48.1 Å². The fourth-order valence-corrected chi connectivity index (χ4v) is 6.06. The molecule has 0 radical (unpaired) electrons. The smallest absolute Gasteiger partial charge is 0.245 e. The van der Waals surface area contributed by atoms with Gasteiger partial charge in [0.1, 0.15) is 17.3 Å². The molecule has 2 aromatic carbocycles. The van der Waals surface area contributed by atoms with Crippen molar-refractivity contribution in [1.29, 1.82) is 0 Å². The fraction of sp³-hybridized carbons (Fsp3) is 0.346.